The van der Waals surface area contributed by atoms with Gasteiger partial charge in [0.05, 0.1) is 6.10 Å². The highest BCUT2D eigenvalue weighted by molar-refractivity contribution is 5.21. The number of aliphatic hydroxyl groups excluding tert-OH is 1. The molecule has 0 aliphatic heterocycles. The van der Waals surface area contributed by atoms with E-state index < -0.39 is 17.7 Å². The summed E-state index contributed by atoms with van der Waals surface area (Å²) < 4.78 is 26.3. The molecule has 4 heteroatoms. The summed E-state index contributed by atoms with van der Waals surface area (Å²) in [6, 6.07) is 3.28. The molecule has 1 aliphatic carbocycles. The first kappa shape index (κ1) is 16.4. The summed E-state index contributed by atoms with van der Waals surface area (Å²) in [7, 11) is 0. The van der Waals surface area contributed by atoms with Crippen LogP contribution < -0.4 is 5.32 Å². The molecule has 0 spiro atoms. The summed E-state index contributed by atoms with van der Waals surface area (Å²) >= 11 is 0. The van der Waals surface area contributed by atoms with Gasteiger partial charge in [-0.25, -0.2) is 8.78 Å². The van der Waals surface area contributed by atoms with Gasteiger partial charge in [-0.1, -0.05) is 32.3 Å². The van der Waals surface area contributed by atoms with E-state index in [4.69, 9.17) is 0 Å². The van der Waals surface area contributed by atoms with Crippen LogP contribution in [0.3, 0.4) is 0 Å². The van der Waals surface area contributed by atoms with Crippen LogP contribution in [0.15, 0.2) is 18.2 Å². The molecule has 0 radical (unpaired) electrons. The van der Waals surface area contributed by atoms with Crippen molar-refractivity contribution in [1.29, 1.82) is 0 Å². The van der Waals surface area contributed by atoms with E-state index in [9.17, 15) is 13.9 Å². The Morgan fingerprint density at radius 3 is 2.86 bits per heavy atom. The van der Waals surface area contributed by atoms with E-state index in [1.54, 1.807) is 0 Å². The Hall–Kier alpha value is -1.00. The minimum Gasteiger partial charge on any atom is -0.387 e. The summed E-state index contributed by atoms with van der Waals surface area (Å²) in [5, 5.41) is 13.1. The van der Waals surface area contributed by atoms with Gasteiger partial charge in [0, 0.05) is 18.2 Å². The van der Waals surface area contributed by atoms with Crippen LogP contribution in [0.1, 0.15) is 50.7 Å². The Kier molecular flexibility index (Phi) is 6.12. The quantitative estimate of drug-likeness (QED) is 0.783. The minimum atomic E-state index is -0.934. The number of hydrogen-bond acceptors (Lipinski definition) is 2. The zero-order valence-electron chi connectivity index (χ0n) is 12.6. The van der Waals surface area contributed by atoms with Crippen LogP contribution in [0.5, 0.6) is 0 Å². The minimum absolute atomic E-state index is 0.148. The zero-order valence-corrected chi connectivity index (χ0v) is 12.6. The highest BCUT2D eigenvalue weighted by Gasteiger charge is 2.18. The second-order valence-electron chi connectivity index (χ2n) is 6.31. The van der Waals surface area contributed by atoms with Crippen molar-refractivity contribution in [2.45, 2.75) is 45.1 Å². The molecule has 0 aromatic heterocycles. The lowest BCUT2D eigenvalue weighted by atomic mass is 9.81. The molecule has 3 atom stereocenters. The third kappa shape index (κ3) is 5.04. The molecule has 3 unspecified atom stereocenters. The monoisotopic (exact) mass is 297 g/mol. The molecule has 0 amide bonds. The predicted octanol–water partition coefficient (Wildman–Crippen LogP) is 3.80. The Morgan fingerprint density at radius 2 is 2.14 bits per heavy atom. The fourth-order valence-corrected chi connectivity index (χ4v) is 3.25. The van der Waals surface area contributed by atoms with Crippen molar-refractivity contribution in [2.24, 2.45) is 11.8 Å². The lowest BCUT2D eigenvalue weighted by Crippen LogP contribution is -2.25. The Bertz CT molecular complexity index is 452. The van der Waals surface area contributed by atoms with Gasteiger partial charge in [-0.3, -0.25) is 0 Å². The van der Waals surface area contributed by atoms with Gasteiger partial charge in [-0.2, -0.15) is 0 Å². The van der Waals surface area contributed by atoms with E-state index in [2.05, 4.69) is 12.2 Å². The number of hydrogen-bond donors (Lipinski definition) is 2. The Balaban J connectivity index is 1.70. The first-order valence-electron chi connectivity index (χ1n) is 7.90. The van der Waals surface area contributed by atoms with Crippen LogP contribution >= 0.6 is 0 Å². The van der Waals surface area contributed by atoms with E-state index in [1.807, 2.05) is 0 Å². The van der Waals surface area contributed by atoms with Gasteiger partial charge in [0.1, 0.15) is 11.6 Å². The maximum absolute atomic E-state index is 13.5. The second kappa shape index (κ2) is 7.85. The van der Waals surface area contributed by atoms with Crippen molar-refractivity contribution in [3.8, 4) is 0 Å². The topological polar surface area (TPSA) is 32.3 Å². The van der Waals surface area contributed by atoms with Crippen molar-refractivity contribution in [3.05, 3.63) is 35.4 Å². The Morgan fingerprint density at radius 1 is 1.33 bits per heavy atom. The summed E-state index contributed by atoms with van der Waals surface area (Å²) in [5.74, 6) is 0.275. The summed E-state index contributed by atoms with van der Waals surface area (Å²) in [5.41, 5.74) is 0.148. The van der Waals surface area contributed by atoms with Crippen LogP contribution in [0.25, 0.3) is 0 Å². The molecule has 2 nitrogen and oxygen atoms in total. The molecule has 2 rings (SSSR count). The van der Waals surface area contributed by atoms with Crippen molar-refractivity contribution in [2.75, 3.05) is 13.1 Å². The number of aliphatic hydroxyl groups is 1. The number of nitrogens with one attached hydrogen (secondary N) is 1. The van der Waals surface area contributed by atoms with Gasteiger partial charge >= 0.3 is 0 Å². The Labute approximate surface area is 125 Å². The molecule has 1 aromatic carbocycles. The molecule has 0 saturated heterocycles. The first-order chi connectivity index (χ1) is 10.1. The van der Waals surface area contributed by atoms with Crippen LogP contribution in [0, 0.1) is 23.5 Å². The average molecular weight is 297 g/mol. The molecule has 1 aliphatic rings. The van der Waals surface area contributed by atoms with Crippen LogP contribution in [0.2, 0.25) is 0 Å². The fraction of sp³-hybridized carbons (Fsp3) is 0.647. The first-order valence-corrected chi connectivity index (χ1v) is 7.90. The zero-order chi connectivity index (χ0) is 15.2. The highest BCUT2D eigenvalue weighted by Crippen LogP contribution is 2.30. The molecule has 1 fully saturated rings. The summed E-state index contributed by atoms with van der Waals surface area (Å²) in [6.45, 7) is 3.43. The lowest BCUT2D eigenvalue weighted by Gasteiger charge is -2.26. The SMILES string of the molecule is CC1CCCC(CCNCC(O)c2ccc(F)cc2F)C1. The molecule has 0 heterocycles. The molecule has 1 aromatic rings. The third-order valence-corrected chi connectivity index (χ3v) is 4.43. The van der Waals surface area contributed by atoms with Crippen molar-refractivity contribution < 1.29 is 13.9 Å². The normalized spacial score (nSPS) is 24.0. The predicted molar refractivity (Wildman–Crippen MR) is 79.9 cm³/mol. The van der Waals surface area contributed by atoms with Gasteiger partial charge in [0.15, 0.2) is 0 Å². The van der Waals surface area contributed by atoms with Crippen molar-refractivity contribution >= 4 is 0 Å². The molecule has 2 N–H and O–H groups in total. The second-order valence-corrected chi connectivity index (χ2v) is 6.31. The number of benzene rings is 1. The average Bonchev–Trinajstić information content (AvgIpc) is 2.43. The van der Waals surface area contributed by atoms with Gasteiger partial charge in [-0.05, 0) is 37.3 Å². The summed E-state index contributed by atoms with van der Waals surface area (Å²) in [4.78, 5) is 0. The van der Waals surface area contributed by atoms with Crippen molar-refractivity contribution in [3.63, 3.8) is 0 Å². The van der Waals surface area contributed by atoms with Gasteiger partial charge in [0.25, 0.3) is 0 Å². The number of halogens is 2. The van der Waals surface area contributed by atoms with Gasteiger partial charge in [0.2, 0.25) is 0 Å². The highest BCUT2D eigenvalue weighted by atomic mass is 19.1. The van der Waals surface area contributed by atoms with E-state index in [0.29, 0.717) is 6.54 Å². The molecule has 1 saturated carbocycles. The van der Waals surface area contributed by atoms with Gasteiger partial charge < -0.3 is 10.4 Å². The standard InChI is InChI=1S/C17H25F2NO/c1-12-3-2-4-13(9-12)7-8-20-11-17(21)15-6-5-14(18)10-16(15)19/h5-6,10,12-13,17,20-21H,2-4,7-9,11H2,1H3. The molecule has 21 heavy (non-hydrogen) atoms. The number of rotatable bonds is 6. The largest absolute Gasteiger partial charge is 0.387 e. The smallest absolute Gasteiger partial charge is 0.131 e. The van der Waals surface area contributed by atoms with Crippen LogP contribution in [0.4, 0.5) is 8.78 Å². The molecule has 0 bridgehead atoms. The van der Waals surface area contributed by atoms with E-state index >= 15 is 0 Å². The van der Waals surface area contributed by atoms with E-state index in [1.165, 1.54) is 37.8 Å². The lowest BCUT2D eigenvalue weighted by molar-refractivity contribution is 0.168. The third-order valence-electron chi connectivity index (χ3n) is 4.43. The van der Waals surface area contributed by atoms with Crippen molar-refractivity contribution in [1.82, 2.24) is 5.32 Å². The molecular weight excluding hydrogens is 272 g/mol. The maximum Gasteiger partial charge on any atom is 0.131 e. The van der Waals surface area contributed by atoms with Crippen LogP contribution in [-0.2, 0) is 0 Å². The van der Waals surface area contributed by atoms with E-state index in [0.717, 1.165) is 30.9 Å². The summed E-state index contributed by atoms with van der Waals surface area (Å²) in [6.07, 6.45) is 5.40. The molecule has 118 valence electrons. The maximum atomic E-state index is 13.5. The van der Waals surface area contributed by atoms with E-state index in [-0.39, 0.29) is 5.56 Å². The van der Waals surface area contributed by atoms with Gasteiger partial charge in [-0.15, -0.1) is 0 Å². The molecular formula is C17H25F2NO. The van der Waals surface area contributed by atoms with Crippen LogP contribution in [-0.4, -0.2) is 18.2 Å². The fourth-order valence-electron chi connectivity index (χ4n) is 3.25.